The molecule has 1 aliphatic rings. The van der Waals surface area contributed by atoms with Crippen molar-refractivity contribution >= 4 is 23.2 Å². The van der Waals surface area contributed by atoms with Crippen LogP contribution in [0.4, 0.5) is 11.4 Å². The van der Waals surface area contributed by atoms with E-state index in [-0.39, 0.29) is 25.0 Å². The van der Waals surface area contributed by atoms with Crippen LogP contribution in [-0.2, 0) is 16.0 Å². The molecule has 170 valence electrons. The van der Waals surface area contributed by atoms with E-state index in [9.17, 15) is 9.59 Å². The van der Waals surface area contributed by atoms with E-state index in [0.29, 0.717) is 29.4 Å². The van der Waals surface area contributed by atoms with E-state index < -0.39 is 0 Å². The Morgan fingerprint density at radius 1 is 1.06 bits per heavy atom. The fraction of sp³-hybridized carbons (Fsp3) is 0.259. The Hall–Kier alpha value is -3.80. The number of nitrogens with zero attached hydrogens (tertiary/aromatic N) is 1. The summed E-state index contributed by atoms with van der Waals surface area (Å²) in [4.78, 5) is 26.8. The van der Waals surface area contributed by atoms with Crippen LogP contribution in [0.15, 0.2) is 66.7 Å². The number of rotatable bonds is 8. The Morgan fingerprint density at radius 3 is 2.70 bits per heavy atom. The van der Waals surface area contributed by atoms with Crippen LogP contribution in [0, 0.1) is 13.8 Å². The van der Waals surface area contributed by atoms with Gasteiger partial charge in [-0.1, -0.05) is 42.5 Å². The minimum Gasteiger partial charge on any atom is -0.483 e. The zero-order valence-corrected chi connectivity index (χ0v) is 19.0. The average molecular weight is 445 g/mol. The van der Waals surface area contributed by atoms with Crippen LogP contribution >= 0.6 is 0 Å². The van der Waals surface area contributed by atoms with Crippen LogP contribution in [0.25, 0.3) is 0 Å². The molecule has 2 amide bonds. The first-order valence-electron chi connectivity index (χ1n) is 11.1. The van der Waals surface area contributed by atoms with Crippen molar-refractivity contribution < 1.29 is 19.1 Å². The van der Waals surface area contributed by atoms with E-state index in [4.69, 9.17) is 9.47 Å². The van der Waals surface area contributed by atoms with Crippen LogP contribution in [0.2, 0.25) is 0 Å². The number of hydrogen-bond donors (Lipinski definition) is 1. The third kappa shape index (κ3) is 5.52. The highest BCUT2D eigenvalue weighted by Crippen LogP contribution is 2.35. The van der Waals surface area contributed by atoms with Gasteiger partial charge in [0.05, 0.1) is 5.69 Å². The molecule has 0 radical (unpaired) electrons. The molecule has 33 heavy (non-hydrogen) atoms. The minimum absolute atomic E-state index is 0.0216. The maximum atomic E-state index is 12.5. The van der Waals surface area contributed by atoms with E-state index >= 15 is 0 Å². The Balaban J connectivity index is 1.39. The summed E-state index contributed by atoms with van der Waals surface area (Å²) in [7, 11) is 0. The Labute approximate surface area is 194 Å². The minimum atomic E-state index is -0.269. The Bertz CT molecular complexity index is 1140. The van der Waals surface area contributed by atoms with Gasteiger partial charge in [0.25, 0.3) is 11.8 Å². The molecule has 0 fully saturated rings. The molecule has 3 aromatic carbocycles. The molecule has 1 aliphatic heterocycles. The van der Waals surface area contributed by atoms with Gasteiger partial charge in [-0.15, -0.1) is 0 Å². The van der Waals surface area contributed by atoms with E-state index in [1.54, 1.807) is 23.1 Å². The van der Waals surface area contributed by atoms with Crippen molar-refractivity contribution in [3.05, 3.63) is 83.4 Å². The van der Waals surface area contributed by atoms with Gasteiger partial charge in [0, 0.05) is 12.2 Å². The van der Waals surface area contributed by atoms with Gasteiger partial charge in [-0.05, 0) is 67.6 Å². The van der Waals surface area contributed by atoms with E-state index in [2.05, 4.69) is 17.4 Å². The normalized spacial score (nSPS) is 12.7. The molecule has 4 rings (SSSR count). The predicted octanol–water partition coefficient (Wildman–Crippen LogP) is 4.68. The van der Waals surface area contributed by atoms with Gasteiger partial charge >= 0.3 is 0 Å². The van der Waals surface area contributed by atoms with Gasteiger partial charge in [-0.25, -0.2) is 0 Å². The lowest BCUT2D eigenvalue weighted by Gasteiger charge is -2.30. The summed E-state index contributed by atoms with van der Waals surface area (Å²) in [6.45, 7) is 4.47. The molecule has 6 heteroatoms. The number of carbonyl (C=O) groups excluding carboxylic acids is 2. The second kappa shape index (κ2) is 10.2. The summed E-state index contributed by atoms with van der Waals surface area (Å²) in [6.07, 6.45) is 1.71. The molecular formula is C27H28N2O4. The smallest absolute Gasteiger partial charge is 0.265 e. The summed E-state index contributed by atoms with van der Waals surface area (Å²) in [5.74, 6) is 0.977. The number of aryl methyl sites for hydroxylation is 2. The van der Waals surface area contributed by atoms with E-state index in [0.717, 1.165) is 24.0 Å². The number of amides is 2. The van der Waals surface area contributed by atoms with Crippen molar-refractivity contribution in [3.63, 3.8) is 0 Å². The standard InChI is InChI=1S/C27H28N2O4/c1-19-8-6-12-24(20(19)2)32-17-26(30)28-22-13-14-25-23(16-22)29(27(31)18-33-25)15-7-11-21-9-4-3-5-10-21/h3-6,8-10,12-14,16H,7,11,15,17-18H2,1-2H3,(H,28,30). The molecule has 1 N–H and O–H groups in total. The summed E-state index contributed by atoms with van der Waals surface area (Å²) < 4.78 is 11.3. The highest BCUT2D eigenvalue weighted by atomic mass is 16.5. The Morgan fingerprint density at radius 2 is 1.88 bits per heavy atom. The fourth-order valence-corrected chi connectivity index (χ4v) is 3.83. The molecule has 0 aliphatic carbocycles. The number of nitrogens with one attached hydrogen (secondary N) is 1. The van der Waals surface area contributed by atoms with E-state index in [1.165, 1.54) is 5.56 Å². The largest absolute Gasteiger partial charge is 0.483 e. The van der Waals surface area contributed by atoms with Gasteiger partial charge in [-0.2, -0.15) is 0 Å². The quantitative estimate of drug-likeness (QED) is 0.548. The summed E-state index contributed by atoms with van der Waals surface area (Å²) in [5, 5.41) is 2.86. The molecule has 6 nitrogen and oxygen atoms in total. The molecular weight excluding hydrogens is 416 g/mol. The van der Waals surface area contributed by atoms with E-state index in [1.807, 2.05) is 50.2 Å². The van der Waals surface area contributed by atoms with Crippen LogP contribution in [0.1, 0.15) is 23.1 Å². The monoisotopic (exact) mass is 444 g/mol. The van der Waals surface area contributed by atoms with Crippen molar-refractivity contribution in [1.82, 2.24) is 0 Å². The first kappa shape index (κ1) is 22.4. The second-order valence-electron chi connectivity index (χ2n) is 8.14. The number of fused-ring (bicyclic) bond motifs is 1. The molecule has 0 bridgehead atoms. The molecule has 1 heterocycles. The lowest BCUT2D eigenvalue weighted by atomic mass is 10.1. The number of benzene rings is 3. The fourth-order valence-electron chi connectivity index (χ4n) is 3.83. The number of hydrogen-bond acceptors (Lipinski definition) is 4. The molecule has 0 aromatic heterocycles. The maximum Gasteiger partial charge on any atom is 0.265 e. The van der Waals surface area contributed by atoms with Gasteiger partial charge in [0.2, 0.25) is 0 Å². The summed E-state index contributed by atoms with van der Waals surface area (Å²) >= 11 is 0. The van der Waals surface area contributed by atoms with Gasteiger partial charge in [0.15, 0.2) is 13.2 Å². The van der Waals surface area contributed by atoms with Crippen LogP contribution in [0.3, 0.4) is 0 Å². The highest BCUT2D eigenvalue weighted by Gasteiger charge is 2.25. The van der Waals surface area contributed by atoms with Crippen molar-refractivity contribution in [2.24, 2.45) is 0 Å². The SMILES string of the molecule is Cc1cccc(OCC(=O)Nc2ccc3c(c2)N(CCCc2ccccc2)C(=O)CO3)c1C. The van der Waals surface area contributed by atoms with Crippen LogP contribution < -0.4 is 19.7 Å². The molecule has 0 atom stereocenters. The highest BCUT2D eigenvalue weighted by molar-refractivity contribution is 5.99. The second-order valence-corrected chi connectivity index (χ2v) is 8.14. The molecule has 3 aromatic rings. The average Bonchev–Trinajstić information content (AvgIpc) is 2.82. The zero-order chi connectivity index (χ0) is 23.2. The van der Waals surface area contributed by atoms with Crippen LogP contribution in [-0.4, -0.2) is 31.6 Å². The maximum absolute atomic E-state index is 12.5. The number of anilines is 2. The number of ether oxygens (including phenoxy) is 2. The van der Waals surface area contributed by atoms with Crippen molar-refractivity contribution in [1.29, 1.82) is 0 Å². The first-order chi connectivity index (χ1) is 16.0. The summed E-state index contributed by atoms with van der Waals surface area (Å²) in [6, 6.07) is 21.3. The van der Waals surface area contributed by atoms with Crippen molar-refractivity contribution in [3.8, 4) is 11.5 Å². The lowest BCUT2D eigenvalue weighted by molar-refractivity contribution is -0.121. The van der Waals surface area contributed by atoms with Gasteiger partial charge in [-0.3, -0.25) is 9.59 Å². The topological polar surface area (TPSA) is 67.9 Å². The summed E-state index contributed by atoms with van der Waals surface area (Å²) in [5.41, 5.74) is 4.63. The molecule has 0 unspecified atom stereocenters. The zero-order valence-electron chi connectivity index (χ0n) is 19.0. The van der Waals surface area contributed by atoms with Crippen molar-refractivity contribution in [2.45, 2.75) is 26.7 Å². The molecule has 0 saturated heterocycles. The van der Waals surface area contributed by atoms with Crippen molar-refractivity contribution in [2.75, 3.05) is 30.0 Å². The third-order valence-corrected chi connectivity index (χ3v) is 5.79. The first-order valence-corrected chi connectivity index (χ1v) is 11.1. The molecule has 0 saturated carbocycles. The van der Waals surface area contributed by atoms with Gasteiger partial charge < -0.3 is 19.7 Å². The van der Waals surface area contributed by atoms with Crippen LogP contribution in [0.5, 0.6) is 11.5 Å². The lowest BCUT2D eigenvalue weighted by Crippen LogP contribution is -2.39. The predicted molar refractivity (Wildman–Crippen MR) is 129 cm³/mol. The number of carbonyl (C=O) groups is 2. The third-order valence-electron chi connectivity index (χ3n) is 5.79. The van der Waals surface area contributed by atoms with Gasteiger partial charge in [0.1, 0.15) is 11.5 Å². The Kier molecular flexibility index (Phi) is 6.93. The molecule has 0 spiro atoms.